The van der Waals surface area contributed by atoms with Gasteiger partial charge in [0.1, 0.15) is 4.83 Å². The highest BCUT2D eigenvalue weighted by Crippen LogP contribution is 2.29. The number of hydrogen-bond acceptors (Lipinski definition) is 7. The van der Waals surface area contributed by atoms with Crippen LogP contribution in [0.25, 0.3) is 10.2 Å². The van der Waals surface area contributed by atoms with Crippen molar-refractivity contribution >= 4 is 27.5 Å². The second kappa shape index (κ2) is 10.8. The first-order valence-electron chi connectivity index (χ1n) is 11.1. The lowest BCUT2D eigenvalue weighted by Crippen LogP contribution is -2.27. The molecule has 0 radical (unpaired) electrons. The molecule has 1 fully saturated rings. The third-order valence-electron chi connectivity index (χ3n) is 6.04. The summed E-state index contributed by atoms with van der Waals surface area (Å²) in [6.45, 7) is 1.01. The summed E-state index contributed by atoms with van der Waals surface area (Å²) in [5.74, 6) is -0.439. The van der Waals surface area contributed by atoms with Crippen molar-refractivity contribution in [1.29, 1.82) is 5.26 Å². The van der Waals surface area contributed by atoms with Gasteiger partial charge in [0, 0.05) is 24.6 Å². The molecule has 0 saturated heterocycles. The van der Waals surface area contributed by atoms with Crippen molar-refractivity contribution in [2.75, 3.05) is 13.7 Å². The standard InChI is InChI=1S/C24H25FN4O4S/c1-32-19-8-16(6-7-18(19)25)10-27-23(31)21-28-22(30)20-17(13-34-24(20)29-21)12-33-11-15-4-2-14(9-26)3-5-15/h6-8,13-15H,2-5,10-12H2,1H3,(H,27,31)(H,28,29,30)/t14-,15-. The summed E-state index contributed by atoms with van der Waals surface area (Å²) in [5, 5.41) is 13.9. The molecule has 2 heterocycles. The van der Waals surface area contributed by atoms with Crippen molar-refractivity contribution in [3.05, 3.63) is 56.7 Å². The average Bonchev–Trinajstić information content (AvgIpc) is 3.27. The Morgan fingerprint density at radius 2 is 2.15 bits per heavy atom. The van der Waals surface area contributed by atoms with Crippen molar-refractivity contribution in [2.24, 2.45) is 11.8 Å². The van der Waals surface area contributed by atoms with Crippen LogP contribution in [-0.2, 0) is 17.9 Å². The Labute approximate surface area is 199 Å². The van der Waals surface area contributed by atoms with Crippen LogP contribution in [0.3, 0.4) is 0 Å². The summed E-state index contributed by atoms with van der Waals surface area (Å²) in [6, 6.07) is 6.63. The molecule has 0 spiro atoms. The molecular weight excluding hydrogens is 459 g/mol. The molecular formula is C24H25FN4O4S. The lowest BCUT2D eigenvalue weighted by molar-refractivity contribution is 0.0711. The second-order valence-electron chi connectivity index (χ2n) is 8.37. The zero-order valence-electron chi connectivity index (χ0n) is 18.7. The van der Waals surface area contributed by atoms with E-state index >= 15 is 0 Å². The molecule has 0 unspecified atom stereocenters. The SMILES string of the molecule is COc1cc(CNC(=O)c2nc3scc(COC[C@H]4CC[C@H](C#N)CC4)c3c(=O)[nH]2)ccc1F. The van der Waals surface area contributed by atoms with E-state index in [0.29, 0.717) is 34.9 Å². The fourth-order valence-electron chi connectivity index (χ4n) is 4.09. The van der Waals surface area contributed by atoms with Gasteiger partial charge >= 0.3 is 0 Å². The molecule has 34 heavy (non-hydrogen) atoms. The number of aromatic amines is 1. The van der Waals surface area contributed by atoms with Crippen LogP contribution in [0, 0.1) is 29.0 Å². The van der Waals surface area contributed by atoms with Gasteiger partial charge in [0.05, 0.1) is 25.2 Å². The molecule has 0 aliphatic heterocycles. The third-order valence-corrected chi connectivity index (χ3v) is 6.97. The largest absolute Gasteiger partial charge is 0.494 e. The number of halogens is 1. The minimum Gasteiger partial charge on any atom is -0.494 e. The van der Waals surface area contributed by atoms with Crippen molar-refractivity contribution in [1.82, 2.24) is 15.3 Å². The van der Waals surface area contributed by atoms with Crippen LogP contribution in [0.5, 0.6) is 5.75 Å². The van der Waals surface area contributed by atoms with Crippen LogP contribution < -0.4 is 15.6 Å². The van der Waals surface area contributed by atoms with E-state index in [2.05, 4.69) is 21.4 Å². The summed E-state index contributed by atoms with van der Waals surface area (Å²) < 4.78 is 24.4. The molecule has 1 aliphatic carbocycles. The Balaban J connectivity index is 1.37. The quantitative estimate of drug-likeness (QED) is 0.501. The number of aromatic nitrogens is 2. The zero-order valence-corrected chi connectivity index (χ0v) is 19.5. The molecule has 4 rings (SSSR count). The highest BCUT2D eigenvalue weighted by Gasteiger charge is 2.21. The van der Waals surface area contributed by atoms with Crippen molar-refractivity contribution in [3.63, 3.8) is 0 Å². The van der Waals surface area contributed by atoms with Crippen LogP contribution in [0.2, 0.25) is 0 Å². The Bertz CT molecular complexity index is 1270. The molecule has 0 atom stereocenters. The monoisotopic (exact) mass is 484 g/mol. The molecule has 178 valence electrons. The number of thiophene rings is 1. The molecule has 1 amide bonds. The molecule has 2 aromatic heterocycles. The van der Waals surface area contributed by atoms with Crippen LogP contribution in [-0.4, -0.2) is 29.6 Å². The summed E-state index contributed by atoms with van der Waals surface area (Å²) in [4.78, 5) is 32.6. The van der Waals surface area contributed by atoms with Gasteiger partial charge in [-0.05, 0) is 54.7 Å². The number of hydrogen-bond donors (Lipinski definition) is 2. The van der Waals surface area contributed by atoms with Crippen molar-refractivity contribution in [2.45, 2.75) is 38.8 Å². The number of methoxy groups -OCH3 is 1. The molecule has 10 heteroatoms. The van der Waals surface area contributed by atoms with Crippen molar-refractivity contribution in [3.8, 4) is 11.8 Å². The minimum atomic E-state index is -0.540. The van der Waals surface area contributed by atoms with Gasteiger partial charge in [0.25, 0.3) is 11.5 Å². The Morgan fingerprint density at radius 3 is 2.88 bits per heavy atom. The van der Waals surface area contributed by atoms with Gasteiger partial charge in [-0.25, -0.2) is 9.37 Å². The third kappa shape index (κ3) is 5.43. The molecule has 1 aromatic carbocycles. The van der Waals surface area contributed by atoms with Crippen LogP contribution in [0.4, 0.5) is 4.39 Å². The number of nitrogens with zero attached hydrogens (tertiary/aromatic N) is 2. The highest BCUT2D eigenvalue weighted by molar-refractivity contribution is 7.16. The van der Waals surface area contributed by atoms with Gasteiger partial charge in [-0.1, -0.05) is 6.07 Å². The van der Waals surface area contributed by atoms with E-state index in [1.807, 2.05) is 5.38 Å². The van der Waals surface area contributed by atoms with E-state index in [1.165, 1.54) is 36.6 Å². The molecule has 8 nitrogen and oxygen atoms in total. The molecule has 0 bridgehead atoms. The first-order valence-corrected chi connectivity index (χ1v) is 11.9. The number of nitrogens with one attached hydrogen (secondary N) is 2. The summed E-state index contributed by atoms with van der Waals surface area (Å²) >= 11 is 1.28. The number of H-pyrrole nitrogens is 1. The summed E-state index contributed by atoms with van der Waals surface area (Å²) in [5.41, 5.74) is 0.990. The number of rotatable bonds is 8. The second-order valence-corrected chi connectivity index (χ2v) is 9.23. The minimum absolute atomic E-state index is 0.0860. The average molecular weight is 485 g/mol. The zero-order chi connectivity index (χ0) is 24.1. The van der Waals surface area contributed by atoms with E-state index < -0.39 is 17.3 Å². The number of amides is 1. The van der Waals surface area contributed by atoms with E-state index in [1.54, 1.807) is 0 Å². The van der Waals surface area contributed by atoms with Gasteiger partial charge in [-0.3, -0.25) is 9.59 Å². The van der Waals surface area contributed by atoms with Crippen LogP contribution in [0.15, 0.2) is 28.4 Å². The van der Waals surface area contributed by atoms with Gasteiger partial charge < -0.3 is 19.8 Å². The van der Waals surface area contributed by atoms with E-state index in [0.717, 1.165) is 31.2 Å². The Kier molecular flexibility index (Phi) is 7.55. The van der Waals surface area contributed by atoms with Gasteiger partial charge in [-0.15, -0.1) is 11.3 Å². The molecule has 1 aliphatic rings. The van der Waals surface area contributed by atoms with Crippen LogP contribution >= 0.6 is 11.3 Å². The number of carbonyl (C=O) groups is 1. The predicted molar refractivity (Wildman–Crippen MR) is 125 cm³/mol. The fourth-order valence-corrected chi connectivity index (χ4v) is 5.02. The Morgan fingerprint density at radius 1 is 1.35 bits per heavy atom. The number of carbonyl (C=O) groups excluding carboxylic acids is 1. The van der Waals surface area contributed by atoms with Crippen LogP contribution in [0.1, 0.15) is 47.4 Å². The van der Waals surface area contributed by atoms with Crippen molar-refractivity contribution < 1.29 is 18.7 Å². The lowest BCUT2D eigenvalue weighted by Gasteiger charge is -2.24. The summed E-state index contributed by atoms with van der Waals surface area (Å²) in [6.07, 6.45) is 3.78. The lowest BCUT2D eigenvalue weighted by atomic mass is 9.83. The van der Waals surface area contributed by atoms with Gasteiger partial charge in [-0.2, -0.15) is 5.26 Å². The van der Waals surface area contributed by atoms with Gasteiger partial charge in [0.15, 0.2) is 11.6 Å². The van der Waals surface area contributed by atoms with Gasteiger partial charge in [0.2, 0.25) is 5.82 Å². The summed E-state index contributed by atoms with van der Waals surface area (Å²) in [7, 11) is 1.37. The first kappa shape index (κ1) is 23.9. The number of fused-ring (bicyclic) bond motifs is 1. The normalized spacial score (nSPS) is 17.9. The molecule has 3 aromatic rings. The van der Waals surface area contributed by atoms with E-state index in [4.69, 9.17) is 14.7 Å². The first-order chi connectivity index (χ1) is 16.5. The smallest absolute Gasteiger partial charge is 0.287 e. The topological polar surface area (TPSA) is 117 Å². The predicted octanol–water partition coefficient (Wildman–Crippen LogP) is 3.91. The number of ether oxygens (including phenoxy) is 2. The maximum absolute atomic E-state index is 13.5. The van der Waals surface area contributed by atoms with E-state index in [-0.39, 0.29) is 24.0 Å². The number of nitriles is 1. The Hall–Kier alpha value is -3.29. The van der Waals surface area contributed by atoms with E-state index in [9.17, 15) is 14.0 Å². The maximum Gasteiger partial charge on any atom is 0.287 e. The number of benzene rings is 1. The fraction of sp³-hybridized carbons (Fsp3) is 0.417. The maximum atomic E-state index is 13.5. The molecule has 2 N–H and O–H groups in total. The highest BCUT2D eigenvalue weighted by atomic mass is 32.1. The molecule has 1 saturated carbocycles.